The van der Waals surface area contributed by atoms with Crippen LogP contribution in [0.4, 0.5) is 5.13 Å². The first kappa shape index (κ1) is 11.2. The molecule has 1 aromatic rings. The van der Waals surface area contributed by atoms with Gasteiger partial charge in [-0.2, -0.15) is 0 Å². The minimum absolute atomic E-state index is 0.162. The highest BCUT2D eigenvalue weighted by molar-refractivity contribution is 7.14. The van der Waals surface area contributed by atoms with Crippen molar-refractivity contribution in [1.82, 2.24) is 4.98 Å². The molecule has 1 rings (SSSR count). The molecule has 0 fully saturated rings. The summed E-state index contributed by atoms with van der Waals surface area (Å²) >= 11 is 6.89. The third-order valence-electron chi connectivity index (χ3n) is 1.47. The van der Waals surface area contributed by atoms with Gasteiger partial charge in [0.2, 0.25) is 0 Å². The van der Waals surface area contributed by atoms with Crippen LogP contribution < -0.4 is 5.32 Å². The average molecular weight is 237 g/mol. The van der Waals surface area contributed by atoms with Gasteiger partial charge in [0.25, 0.3) is 0 Å². The molecule has 2 N–H and O–H groups in total. The number of ether oxygens (including phenoxy) is 1. The maximum absolute atomic E-state index is 10.5. The van der Waals surface area contributed by atoms with Crippen LogP contribution in [0.25, 0.3) is 0 Å². The number of thiazole rings is 1. The number of nitrogens with one attached hydrogen (secondary N) is 1. The number of nitrogens with zero attached hydrogens (tertiary/aromatic N) is 1. The van der Waals surface area contributed by atoms with Gasteiger partial charge < -0.3 is 15.2 Å². The summed E-state index contributed by atoms with van der Waals surface area (Å²) in [5, 5.41) is 14.1. The van der Waals surface area contributed by atoms with E-state index >= 15 is 0 Å². The van der Waals surface area contributed by atoms with Crippen LogP contribution in [0.1, 0.15) is 0 Å². The zero-order valence-corrected chi connectivity index (χ0v) is 8.93. The molecule has 0 aliphatic carbocycles. The second-order valence-corrected chi connectivity index (χ2v) is 3.66. The molecule has 0 radical (unpaired) electrons. The van der Waals surface area contributed by atoms with E-state index in [-0.39, 0.29) is 6.54 Å². The van der Waals surface area contributed by atoms with E-state index in [1.165, 1.54) is 18.4 Å². The molecule has 0 bridgehead atoms. The number of carboxylic acid groups (broad SMARTS) is 1. The third-order valence-corrected chi connectivity index (χ3v) is 2.60. The number of methoxy groups -OCH3 is 1. The van der Waals surface area contributed by atoms with Gasteiger partial charge in [-0.15, -0.1) is 11.3 Å². The molecule has 78 valence electrons. The molecular formula is C7H9ClN2O3S. The lowest BCUT2D eigenvalue weighted by Gasteiger charge is -2.10. The van der Waals surface area contributed by atoms with Gasteiger partial charge in [-0.05, 0) is 0 Å². The van der Waals surface area contributed by atoms with E-state index in [9.17, 15) is 4.79 Å². The molecule has 0 aliphatic heterocycles. The van der Waals surface area contributed by atoms with Crippen LogP contribution in [0, 0.1) is 0 Å². The van der Waals surface area contributed by atoms with Crippen LogP contribution in [-0.2, 0) is 9.53 Å². The van der Waals surface area contributed by atoms with Gasteiger partial charge in [0.05, 0.1) is 6.54 Å². The van der Waals surface area contributed by atoms with Crippen molar-refractivity contribution in [3.63, 3.8) is 0 Å². The summed E-state index contributed by atoms with van der Waals surface area (Å²) in [6, 6.07) is 0. The van der Waals surface area contributed by atoms with E-state index < -0.39 is 12.1 Å². The lowest BCUT2D eigenvalue weighted by molar-refractivity contribution is -0.147. The molecule has 0 amide bonds. The van der Waals surface area contributed by atoms with Gasteiger partial charge in [-0.1, -0.05) is 11.6 Å². The Kier molecular flexibility index (Phi) is 4.12. The van der Waals surface area contributed by atoms with Crippen LogP contribution in [0.2, 0.25) is 5.15 Å². The molecule has 0 saturated heterocycles. The summed E-state index contributed by atoms with van der Waals surface area (Å²) in [6.45, 7) is 0.162. The monoisotopic (exact) mass is 236 g/mol. The zero-order chi connectivity index (χ0) is 10.6. The first-order chi connectivity index (χ1) is 6.63. The number of aliphatic carboxylic acids is 1. The van der Waals surface area contributed by atoms with Gasteiger partial charge in [0.15, 0.2) is 11.2 Å². The Morgan fingerprint density at radius 2 is 2.64 bits per heavy atom. The fourth-order valence-electron chi connectivity index (χ4n) is 0.787. The van der Waals surface area contributed by atoms with E-state index in [0.29, 0.717) is 10.3 Å². The first-order valence-corrected chi connectivity index (χ1v) is 4.99. The van der Waals surface area contributed by atoms with Gasteiger partial charge in [-0.25, -0.2) is 9.78 Å². The second kappa shape index (κ2) is 5.14. The Hall–Kier alpha value is -0.850. The summed E-state index contributed by atoms with van der Waals surface area (Å²) in [5.74, 6) is -1.01. The van der Waals surface area contributed by atoms with Crippen molar-refractivity contribution in [2.75, 3.05) is 19.0 Å². The number of halogens is 1. The van der Waals surface area contributed by atoms with Crippen molar-refractivity contribution in [3.8, 4) is 0 Å². The summed E-state index contributed by atoms with van der Waals surface area (Å²) in [4.78, 5) is 14.4. The second-order valence-electron chi connectivity index (χ2n) is 2.42. The number of anilines is 1. The number of rotatable bonds is 5. The Balaban J connectivity index is 2.43. The number of aromatic nitrogens is 1. The Bertz CT molecular complexity index is 318. The fourth-order valence-corrected chi connectivity index (χ4v) is 1.63. The zero-order valence-electron chi connectivity index (χ0n) is 7.36. The number of carboxylic acids is 1. The molecule has 5 nitrogen and oxygen atoms in total. The highest BCUT2D eigenvalue weighted by Crippen LogP contribution is 2.18. The highest BCUT2D eigenvalue weighted by Gasteiger charge is 2.16. The van der Waals surface area contributed by atoms with E-state index in [2.05, 4.69) is 10.3 Å². The van der Waals surface area contributed by atoms with Crippen molar-refractivity contribution in [2.45, 2.75) is 6.10 Å². The molecule has 14 heavy (non-hydrogen) atoms. The molecule has 1 heterocycles. The minimum Gasteiger partial charge on any atom is -0.479 e. The maximum atomic E-state index is 10.5. The molecular weight excluding hydrogens is 228 g/mol. The van der Waals surface area contributed by atoms with E-state index in [0.717, 1.165) is 0 Å². The third kappa shape index (κ3) is 3.13. The largest absolute Gasteiger partial charge is 0.479 e. The number of hydrogen-bond acceptors (Lipinski definition) is 5. The summed E-state index contributed by atoms with van der Waals surface area (Å²) in [6.07, 6.45) is -0.877. The van der Waals surface area contributed by atoms with Gasteiger partial charge in [0, 0.05) is 12.5 Å². The lowest BCUT2D eigenvalue weighted by Crippen LogP contribution is -2.30. The molecule has 0 spiro atoms. The minimum atomic E-state index is -1.01. The SMILES string of the molecule is COC(CNc1nc(Cl)cs1)C(=O)O. The van der Waals surface area contributed by atoms with Crippen molar-refractivity contribution in [1.29, 1.82) is 0 Å². The predicted octanol–water partition coefficient (Wildman–Crippen LogP) is 1.31. The highest BCUT2D eigenvalue weighted by atomic mass is 35.5. The van der Waals surface area contributed by atoms with Crippen LogP contribution in [0.15, 0.2) is 5.38 Å². The fraction of sp³-hybridized carbons (Fsp3) is 0.429. The summed E-state index contributed by atoms with van der Waals surface area (Å²) in [5.41, 5.74) is 0. The Morgan fingerprint density at radius 1 is 1.93 bits per heavy atom. The van der Waals surface area contributed by atoms with E-state index in [1.54, 1.807) is 5.38 Å². The Morgan fingerprint density at radius 3 is 3.07 bits per heavy atom. The topological polar surface area (TPSA) is 71.5 Å². The number of hydrogen-bond donors (Lipinski definition) is 2. The van der Waals surface area contributed by atoms with Crippen molar-refractivity contribution < 1.29 is 14.6 Å². The molecule has 1 atom stereocenters. The quantitative estimate of drug-likeness (QED) is 0.807. The summed E-state index contributed by atoms with van der Waals surface area (Å²) < 4.78 is 4.72. The van der Waals surface area contributed by atoms with Crippen LogP contribution in [0.5, 0.6) is 0 Å². The van der Waals surface area contributed by atoms with E-state index in [4.69, 9.17) is 21.4 Å². The van der Waals surface area contributed by atoms with Crippen LogP contribution >= 0.6 is 22.9 Å². The van der Waals surface area contributed by atoms with Crippen molar-refractivity contribution in [3.05, 3.63) is 10.5 Å². The average Bonchev–Trinajstić information content (AvgIpc) is 2.52. The smallest absolute Gasteiger partial charge is 0.334 e. The maximum Gasteiger partial charge on any atom is 0.334 e. The predicted molar refractivity (Wildman–Crippen MR) is 54.0 cm³/mol. The standard InChI is InChI=1S/C7H9ClN2O3S/c1-13-4(6(11)12)2-9-7-10-5(8)3-14-7/h3-4H,2H2,1H3,(H,9,10)(H,11,12). The van der Waals surface area contributed by atoms with Crippen LogP contribution in [-0.4, -0.2) is 35.8 Å². The van der Waals surface area contributed by atoms with Gasteiger partial charge in [-0.3, -0.25) is 0 Å². The molecule has 7 heteroatoms. The molecule has 1 aromatic heterocycles. The number of carbonyl (C=O) groups is 1. The molecule has 0 saturated carbocycles. The normalized spacial score (nSPS) is 12.4. The van der Waals surface area contributed by atoms with Crippen LogP contribution in [0.3, 0.4) is 0 Å². The van der Waals surface area contributed by atoms with Gasteiger partial charge in [0.1, 0.15) is 5.15 Å². The summed E-state index contributed by atoms with van der Waals surface area (Å²) in [7, 11) is 1.34. The van der Waals surface area contributed by atoms with Crippen molar-refractivity contribution >= 4 is 34.0 Å². The molecule has 0 aromatic carbocycles. The molecule has 0 aliphatic rings. The molecule has 1 unspecified atom stereocenters. The Labute approximate surface area is 89.7 Å². The first-order valence-electron chi connectivity index (χ1n) is 3.74. The van der Waals surface area contributed by atoms with E-state index in [1.807, 2.05) is 0 Å². The van der Waals surface area contributed by atoms with Crippen molar-refractivity contribution in [2.24, 2.45) is 0 Å². The van der Waals surface area contributed by atoms with Gasteiger partial charge >= 0.3 is 5.97 Å². The lowest BCUT2D eigenvalue weighted by atomic mass is 10.3.